The number of hydrogen-bond acceptors (Lipinski definition) is 3. The van der Waals surface area contributed by atoms with Crippen LogP contribution in [0.25, 0.3) is 0 Å². The fourth-order valence-electron chi connectivity index (χ4n) is 2.73. The maximum atomic E-state index is 13.1. The molecule has 1 aliphatic carbocycles. The van der Waals surface area contributed by atoms with Crippen molar-refractivity contribution in [2.24, 2.45) is 0 Å². The zero-order valence-electron chi connectivity index (χ0n) is 11.8. The lowest BCUT2D eigenvalue weighted by atomic mass is 9.93. The second-order valence-corrected chi connectivity index (χ2v) is 5.31. The molecule has 3 N–H and O–H groups in total. The van der Waals surface area contributed by atoms with E-state index in [1.165, 1.54) is 18.2 Å². The quantitative estimate of drug-likeness (QED) is 0.796. The molecule has 0 unspecified atom stereocenters. The van der Waals surface area contributed by atoms with Gasteiger partial charge in [0.25, 0.3) is 11.5 Å². The number of pyridine rings is 1. The molecule has 1 heterocycles. The van der Waals surface area contributed by atoms with Gasteiger partial charge in [0.1, 0.15) is 17.1 Å². The third-order valence-electron chi connectivity index (χ3n) is 3.79. The van der Waals surface area contributed by atoms with E-state index in [0.29, 0.717) is 24.1 Å². The molecular formula is C16H15FN2O3. The number of carbonyl (C=O) groups excluding carboxylic acids is 1. The number of fused-ring (bicyclic) bond motifs is 1. The minimum absolute atomic E-state index is 0.224. The summed E-state index contributed by atoms with van der Waals surface area (Å²) in [6.45, 7) is 0. The molecular weight excluding hydrogens is 287 g/mol. The maximum Gasteiger partial charge on any atom is 0.265 e. The molecule has 22 heavy (non-hydrogen) atoms. The van der Waals surface area contributed by atoms with Crippen molar-refractivity contribution in [1.29, 1.82) is 0 Å². The number of amides is 1. The molecule has 0 fully saturated rings. The SMILES string of the molecule is O=C(Nc1cccc(F)c1)c1c(O)c2c([nH]c1=O)CCCC2. The molecule has 0 atom stereocenters. The molecule has 0 bridgehead atoms. The van der Waals surface area contributed by atoms with Gasteiger partial charge >= 0.3 is 0 Å². The fourth-order valence-corrected chi connectivity index (χ4v) is 2.73. The van der Waals surface area contributed by atoms with Crippen LogP contribution in [0.3, 0.4) is 0 Å². The Bertz CT molecular complexity index is 798. The van der Waals surface area contributed by atoms with Crippen molar-refractivity contribution in [3.63, 3.8) is 0 Å². The Morgan fingerprint density at radius 3 is 2.82 bits per heavy atom. The Morgan fingerprint density at radius 1 is 1.27 bits per heavy atom. The van der Waals surface area contributed by atoms with Gasteiger partial charge in [-0.05, 0) is 43.9 Å². The first-order valence-corrected chi connectivity index (χ1v) is 7.10. The van der Waals surface area contributed by atoms with E-state index in [2.05, 4.69) is 10.3 Å². The van der Waals surface area contributed by atoms with Gasteiger partial charge in [0, 0.05) is 16.9 Å². The number of H-pyrrole nitrogens is 1. The van der Waals surface area contributed by atoms with Gasteiger partial charge in [-0.25, -0.2) is 4.39 Å². The van der Waals surface area contributed by atoms with E-state index in [4.69, 9.17) is 0 Å². The van der Waals surface area contributed by atoms with Crippen LogP contribution in [-0.2, 0) is 12.8 Å². The van der Waals surface area contributed by atoms with Crippen molar-refractivity contribution in [2.75, 3.05) is 5.32 Å². The number of halogens is 1. The molecule has 1 aliphatic rings. The van der Waals surface area contributed by atoms with E-state index in [1.807, 2.05) is 0 Å². The molecule has 0 aliphatic heterocycles. The van der Waals surface area contributed by atoms with Crippen LogP contribution in [0.1, 0.15) is 34.5 Å². The van der Waals surface area contributed by atoms with E-state index < -0.39 is 17.3 Å². The lowest BCUT2D eigenvalue weighted by Gasteiger charge is -2.18. The summed E-state index contributed by atoms with van der Waals surface area (Å²) < 4.78 is 13.1. The molecule has 0 saturated carbocycles. The number of aromatic nitrogens is 1. The van der Waals surface area contributed by atoms with Crippen molar-refractivity contribution in [2.45, 2.75) is 25.7 Å². The monoisotopic (exact) mass is 302 g/mol. The van der Waals surface area contributed by atoms with Crippen LogP contribution in [0, 0.1) is 5.82 Å². The fraction of sp³-hybridized carbons (Fsp3) is 0.250. The zero-order valence-corrected chi connectivity index (χ0v) is 11.8. The van der Waals surface area contributed by atoms with Gasteiger partial charge in [0.15, 0.2) is 0 Å². The van der Waals surface area contributed by atoms with Crippen LogP contribution < -0.4 is 10.9 Å². The van der Waals surface area contributed by atoms with Gasteiger partial charge in [0.05, 0.1) is 0 Å². The molecule has 1 amide bonds. The lowest BCUT2D eigenvalue weighted by Crippen LogP contribution is -2.26. The molecule has 114 valence electrons. The van der Waals surface area contributed by atoms with Crippen LogP contribution in [0.4, 0.5) is 10.1 Å². The Morgan fingerprint density at radius 2 is 2.05 bits per heavy atom. The summed E-state index contributed by atoms with van der Waals surface area (Å²) in [7, 11) is 0. The maximum absolute atomic E-state index is 13.1. The van der Waals surface area contributed by atoms with Crippen LogP contribution in [0.15, 0.2) is 29.1 Å². The third kappa shape index (κ3) is 2.59. The summed E-state index contributed by atoms with van der Waals surface area (Å²) in [4.78, 5) is 27.0. The minimum atomic E-state index is -0.752. The van der Waals surface area contributed by atoms with Gasteiger partial charge in [-0.3, -0.25) is 9.59 Å². The summed E-state index contributed by atoms with van der Waals surface area (Å²) in [5, 5.41) is 12.7. The molecule has 6 heteroatoms. The first-order chi connectivity index (χ1) is 10.6. The lowest BCUT2D eigenvalue weighted by molar-refractivity contribution is 0.102. The number of aryl methyl sites for hydroxylation is 1. The summed E-state index contributed by atoms with van der Waals surface area (Å²) in [6.07, 6.45) is 3.15. The summed E-state index contributed by atoms with van der Waals surface area (Å²) in [5.41, 5.74) is 0.574. The van der Waals surface area contributed by atoms with Gasteiger partial charge < -0.3 is 15.4 Å². The number of rotatable bonds is 2. The second kappa shape index (κ2) is 5.63. The number of aromatic hydroxyl groups is 1. The van der Waals surface area contributed by atoms with E-state index >= 15 is 0 Å². The molecule has 0 radical (unpaired) electrons. The van der Waals surface area contributed by atoms with E-state index in [0.717, 1.165) is 18.9 Å². The third-order valence-corrected chi connectivity index (χ3v) is 3.79. The predicted octanol–water partition coefficient (Wildman–Crippen LogP) is 2.35. The van der Waals surface area contributed by atoms with Crippen LogP contribution in [0.2, 0.25) is 0 Å². The van der Waals surface area contributed by atoms with Crippen LogP contribution in [-0.4, -0.2) is 16.0 Å². The summed E-state index contributed by atoms with van der Waals surface area (Å²) >= 11 is 0. The molecule has 1 aromatic heterocycles. The Kier molecular flexibility index (Phi) is 3.66. The number of benzene rings is 1. The van der Waals surface area contributed by atoms with Crippen molar-refractivity contribution >= 4 is 11.6 Å². The average Bonchev–Trinajstić information content (AvgIpc) is 2.47. The van der Waals surface area contributed by atoms with Gasteiger partial charge in [-0.1, -0.05) is 6.07 Å². The molecule has 1 aromatic carbocycles. The minimum Gasteiger partial charge on any atom is -0.507 e. The van der Waals surface area contributed by atoms with Crippen molar-refractivity contribution in [1.82, 2.24) is 4.98 Å². The normalized spacial score (nSPS) is 13.5. The molecule has 0 spiro atoms. The number of anilines is 1. The average molecular weight is 302 g/mol. The van der Waals surface area contributed by atoms with Gasteiger partial charge in [-0.2, -0.15) is 0 Å². The van der Waals surface area contributed by atoms with Crippen molar-refractivity contribution < 1.29 is 14.3 Å². The topological polar surface area (TPSA) is 82.2 Å². The van der Waals surface area contributed by atoms with Crippen LogP contribution in [0.5, 0.6) is 5.75 Å². The first-order valence-electron chi connectivity index (χ1n) is 7.10. The van der Waals surface area contributed by atoms with E-state index in [9.17, 15) is 19.1 Å². The Balaban J connectivity index is 1.97. The zero-order chi connectivity index (χ0) is 15.7. The van der Waals surface area contributed by atoms with Gasteiger partial charge in [0.2, 0.25) is 0 Å². The molecule has 5 nitrogen and oxygen atoms in total. The largest absolute Gasteiger partial charge is 0.507 e. The Hall–Kier alpha value is -2.63. The summed E-state index contributed by atoms with van der Waals surface area (Å²) in [5.74, 6) is -1.52. The number of aromatic amines is 1. The van der Waals surface area contributed by atoms with Crippen molar-refractivity contribution in [3.05, 3.63) is 57.3 Å². The molecule has 0 saturated heterocycles. The highest BCUT2D eigenvalue weighted by Gasteiger charge is 2.24. The van der Waals surface area contributed by atoms with Crippen LogP contribution >= 0.6 is 0 Å². The highest BCUT2D eigenvalue weighted by Crippen LogP contribution is 2.28. The Labute approximate surface area is 125 Å². The number of hydrogen-bond donors (Lipinski definition) is 3. The highest BCUT2D eigenvalue weighted by molar-refractivity contribution is 6.06. The summed E-state index contributed by atoms with van der Waals surface area (Å²) in [6, 6.07) is 5.34. The predicted molar refractivity (Wildman–Crippen MR) is 79.7 cm³/mol. The van der Waals surface area contributed by atoms with Crippen molar-refractivity contribution in [3.8, 4) is 5.75 Å². The standard InChI is InChI=1S/C16H15FN2O3/c17-9-4-3-5-10(8-9)18-15(21)13-14(20)11-6-1-2-7-12(11)19-16(13)22/h3-5,8H,1-2,6-7H2,(H,18,21)(H2,19,20,22). The van der Waals surface area contributed by atoms with E-state index in [1.54, 1.807) is 0 Å². The van der Waals surface area contributed by atoms with E-state index in [-0.39, 0.29) is 17.0 Å². The molecule has 2 aromatic rings. The molecule has 3 rings (SSSR count). The van der Waals surface area contributed by atoms with Gasteiger partial charge in [-0.15, -0.1) is 0 Å². The first kappa shape index (κ1) is 14.3. The number of carbonyl (C=O) groups is 1. The highest BCUT2D eigenvalue weighted by atomic mass is 19.1. The smallest absolute Gasteiger partial charge is 0.265 e. The number of nitrogens with one attached hydrogen (secondary N) is 2. The second-order valence-electron chi connectivity index (χ2n) is 5.31.